The molecule has 2 aliphatic rings. The normalized spacial score (nSPS) is 20.1. The van der Waals surface area contributed by atoms with Gasteiger partial charge in [-0.2, -0.15) is 0 Å². The van der Waals surface area contributed by atoms with E-state index < -0.39 is 0 Å². The van der Waals surface area contributed by atoms with Gasteiger partial charge in [-0.3, -0.25) is 5.32 Å². The van der Waals surface area contributed by atoms with Crippen LogP contribution in [0.5, 0.6) is 0 Å². The average Bonchev–Trinajstić information content (AvgIpc) is 3.03. The Kier molecular flexibility index (Phi) is 4.21. The van der Waals surface area contributed by atoms with Gasteiger partial charge in [0, 0.05) is 18.8 Å². The highest BCUT2D eigenvalue weighted by molar-refractivity contribution is 5.90. The Hall–Kier alpha value is -1.55. The molecular formula is C16H22N2O2. The Morgan fingerprint density at radius 1 is 1.15 bits per heavy atom. The molecule has 1 heterocycles. The lowest BCUT2D eigenvalue weighted by molar-refractivity contribution is 0.0211. The van der Waals surface area contributed by atoms with E-state index in [4.69, 9.17) is 4.74 Å². The molecule has 1 N–H and O–H groups in total. The summed E-state index contributed by atoms with van der Waals surface area (Å²) in [5.41, 5.74) is 1.82. The molecule has 108 valence electrons. The topological polar surface area (TPSA) is 41.6 Å². The summed E-state index contributed by atoms with van der Waals surface area (Å²) in [6.45, 7) is 2.92. The maximum atomic E-state index is 12.1. The molecule has 1 aliphatic heterocycles. The van der Waals surface area contributed by atoms with Crippen molar-refractivity contribution >= 4 is 11.7 Å². The van der Waals surface area contributed by atoms with Crippen LogP contribution in [0.25, 0.3) is 0 Å². The van der Waals surface area contributed by atoms with E-state index in [9.17, 15) is 4.79 Å². The molecule has 1 saturated carbocycles. The summed E-state index contributed by atoms with van der Waals surface area (Å²) in [6.07, 6.45) is 5.79. The first kappa shape index (κ1) is 13.4. The minimum Gasteiger partial charge on any atom is -0.459 e. The third-order valence-corrected chi connectivity index (χ3v) is 4.16. The van der Waals surface area contributed by atoms with Gasteiger partial charge in [-0.15, -0.1) is 0 Å². The van der Waals surface area contributed by atoms with Crippen LogP contribution in [0, 0.1) is 0 Å². The molecule has 4 heteroatoms. The second-order valence-corrected chi connectivity index (χ2v) is 5.63. The van der Waals surface area contributed by atoms with Crippen molar-refractivity contribution in [2.24, 2.45) is 0 Å². The molecular weight excluding hydrogens is 252 g/mol. The zero-order valence-corrected chi connectivity index (χ0v) is 11.8. The Morgan fingerprint density at radius 2 is 1.90 bits per heavy atom. The lowest BCUT2D eigenvalue weighted by Crippen LogP contribution is -2.22. The second-order valence-electron chi connectivity index (χ2n) is 5.63. The summed E-state index contributed by atoms with van der Waals surface area (Å²) >= 11 is 0. The lowest BCUT2D eigenvalue weighted by Gasteiger charge is -2.22. The molecule has 1 saturated heterocycles. The zero-order valence-electron chi connectivity index (χ0n) is 11.8. The first-order valence-electron chi connectivity index (χ1n) is 7.59. The van der Waals surface area contributed by atoms with E-state index in [1.165, 1.54) is 19.3 Å². The quantitative estimate of drug-likeness (QED) is 0.860. The van der Waals surface area contributed by atoms with Crippen molar-refractivity contribution < 1.29 is 9.53 Å². The summed E-state index contributed by atoms with van der Waals surface area (Å²) in [5, 5.41) is 3.30. The summed E-state index contributed by atoms with van der Waals surface area (Å²) in [6, 6.07) is 7.76. The van der Waals surface area contributed by atoms with E-state index in [1.54, 1.807) is 0 Å². The van der Waals surface area contributed by atoms with Gasteiger partial charge in [0.2, 0.25) is 0 Å². The summed E-state index contributed by atoms with van der Waals surface area (Å²) in [4.78, 5) is 14.4. The van der Waals surface area contributed by atoms with Crippen LogP contribution in [-0.2, 0) is 4.74 Å². The SMILES string of the molecule is O=C(OC1CCCCC1)c1ccc(N2CCNC2)cc1. The van der Waals surface area contributed by atoms with Crippen LogP contribution in [0.3, 0.4) is 0 Å². The minimum atomic E-state index is -0.178. The van der Waals surface area contributed by atoms with Gasteiger partial charge < -0.3 is 9.64 Å². The molecule has 1 aromatic rings. The molecule has 0 bridgehead atoms. The van der Waals surface area contributed by atoms with Crippen LogP contribution in [0.15, 0.2) is 24.3 Å². The number of hydrogen-bond acceptors (Lipinski definition) is 4. The van der Waals surface area contributed by atoms with Crippen LogP contribution in [0.1, 0.15) is 42.5 Å². The number of nitrogens with one attached hydrogen (secondary N) is 1. The predicted molar refractivity (Wildman–Crippen MR) is 78.9 cm³/mol. The molecule has 20 heavy (non-hydrogen) atoms. The Bertz CT molecular complexity index is 446. The maximum absolute atomic E-state index is 12.1. The smallest absolute Gasteiger partial charge is 0.338 e. The first-order chi connectivity index (χ1) is 9.83. The van der Waals surface area contributed by atoms with Crippen LogP contribution < -0.4 is 10.2 Å². The minimum absolute atomic E-state index is 0.124. The number of nitrogens with zero attached hydrogens (tertiary/aromatic N) is 1. The van der Waals surface area contributed by atoms with Gasteiger partial charge in [0.1, 0.15) is 6.10 Å². The van der Waals surface area contributed by atoms with Gasteiger partial charge in [-0.25, -0.2) is 4.79 Å². The number of hydrogen-bond donors (Lipinski definition) is 1. The van der Waals surface area contributed by atoms with Crippen molar-refractivity contribution in [3.63, 3.8) is 0 Å². The standard InChI is InChI=1S/C16H22N2O2/c19-16(20-15-4-2-1-3-5-15)13-6-8-14(9-7-13)18-11-10-17-12-18/h6-9,15,17H,1-5,10-12H2. The number of anilines is 1. The van der Waals surface area contributed by atoms with Gasteiger partial charge in [0.25, 0.3) is 0 Å². The predicted octanol–water partition coefficient (Wildman–Crippen LogP) is 2.54. The highest BCUT2D eigenvalue weighted by atomic mass is 16.5. The van der Waals surface area contributed by atoms with Crippen molar-refractivity contribution in [1.82, 2.24) is 5.32 Å². The molecule has 0 aromatic heterocycles. The number of rotatable bonds is 3. The molecule has 0 atom stereocenters. The fourth-order valence-electron chi connectivity index (χ4n) is 2.94. The van der Waals surface area contributed by atoms with Crippen LogP contribution in [-0.4, -0.2) is 31.8 Å². The van der Waals surface area contributed by atoms with E-state index in [1.807, 2.05) is 24.3 Å². The maximum Gasteiger partial charge on any atom is 0.338 e. The van der Waals surface area contributed by atoms with E-state index >= 15 is 0 Å². The van der Waals surface area contributed by atoms with E-state index in [0.717, 1.165) is 38.3 Å². The Balaban J connectivity index is 1.59. The molecule has 0 amide bonds. The van der Waals surface area contributed by atoms with Crippen LogP contribution >= 0.6 is 0 Å². The van der Waals surface area contributed by atoms with Crippen LogP contribution in [0.4, 0.5) is 5.69 Å². The average molecular weight is 274 g/mol. The number of carbonyl (C=O) groups is 1. The summed E-state index contributed by atoms with van der Waals surface area (Å²) in [7, 11) is 0. The largest absolute Gasteiger partial charge is 0.459 e. The summed E-state index contributed by atoms with van der Waals surface area (Å²) in [5.74, 6) is -0.178. The van der Waals surface area contributed by atoms with Gasteiger partial charge >= 0.3 is 5.97 Å². The first-order valence-corrected chi connectivity index (χ1v) is 7.59. The molecule has 1 aliphatic carbocycles. The molecule has 4 nitrogen and oxygen atoms in total. The third-order valence-electron chi connectivity index (χ3n) is 4.16. The summed E-state index contributed by atoms with van der Waals surface area (Å²) < 4.78 is 5.58. The molecule has 3 rings (SSSR count). The monoisotopic (exact) mass is 274 g/mol. The van der Waals surface area contributed by atoms with Gasteiger partial charge in [0.05, 0.1) is 12.2 Å². The van der Waals surface area contributed by atoms with E-state index in [0.29, 0.717) is 5.56 Å². The number of esters is 1. The molecule has 2 fully saturated rings. The van der Waals surface area contributed by atoms with Crippen molar-refractivity contribution in [3.05, 3.63) is 29.8 Å². The molecule has 0 spiro atoms. The van der Waals surface area contributed by atoms with Gasteiger partial charge in [-0.05, 0) is 49.9 Å². The molecule has 1 aromatic carbocycles. The number of ether oxygens (including phenoxy) is 1. The highest BCUT2D eigenvalue weighted by Gasteiger charge is 2.19. The fraction of sp³-hybridized carbons (Fsp3) is 0.562. The van der Waals surface area contributed by atoms with Gasteiger partial charge in [0.15, 0.2) is 0 Å². The van der Waals surface area contributed by atoms with Crippen molar-refractivity contribution in [3.8, 4) is 0 Å². The van der Waals surface area contributed by atoms with E-state index in [2.05, 4.69) is 10.2 Å². The van der Waals surface area contributed by atoms with Crippen molar-refractivity contribution in [2.75, 3.05) is 24.7 Å². The lowest BCUT2D eigenvalue weighted by atomic mass is 9.98. The molecule has 0 unspecified atom stereocenters. The number of benzene rings is 1. The molecule has 0 radical (unpaired) electrons. The Morgan fingerprint density at radius 3 is 2.55 bits per heavy atom. The highest BCUT2D eigenvalue weighted by Crippen LogP contribution is 2.22. The third kappa shape index (κ3) is 3.12. The van der Waals surface area contributed by atoms with Crippen molar-refractivity contribution in [1.29, 1.82) is 0 Å². The van der Waals surface area contributed by atoms with Gasteiger partial charge in [-0.1, -0.05) is 6.42 Å². The fourth-order valence-corrected chi connectivity index (χ4v) is 2.94. The van der Waals surface area contributed by atoms with E-state index in [-0.39, 0.29) is 12.1 Å². The Labute approximate surface area is 120 Å². The zero-order chi connectivity index (χ0) is 13.8. The van der Waals surface area contributed by atoms with Crippen LogP contribution in [0.2, 0.25) is 0 Å². The van der Waals surface area contributed by atoms with Crippen molar-refractivity contribution in [2.45, 2.75) is 38.2 Å². The number of carbonyl (C=O) groups excluding carboxylic acids is 1. The second kappa shape index (κ2) is 6.27.